The van der Waals surface area contributed by atoms with Gasteiger partial charge in [-0.1, -0.05) is 11.6 Å². The van der Waals surface area contributed by atoms with Gasteiger partial charge in [-0.05, 0) is 13.8 Å². The molecule has 0 bridgehead atoms. The maximum absolute atomic E-state index is 11.0. The van der Waals surface area contributed by atoms with Gasteiger partial charge >= 0.3 is 0 Å². The molecule has 0 aliphatic rings. The third-order valence-electron chi connectivity index (χ3n) is 1.53. The second-order valence-corrected chi connectivity index (χ2v) is 4.15. The largest absolute Gasteiger partial charge is 0.381 e. The first kappa shape index (κ1) is 11.0. The van der Waals surface area contributed by atoms with Gasteiger partial charge in [0.25, 0.3) is 5.56 Å². The van der Waals surface area contributed by atoms with Gasteiger partial charge in [-0.15, -0.1) is 0 Å². The second kappa shape index (κ2) is 3.98. The molecule has 4 N–H and O–H groups in total. The number of aromatic nitrogens is 2. The maximum atomic E-state index is 11.0. The van der Waals surface area contributed by atoms with Crippen LogP contribution in [0.4, 0.5) is 5.69 Å². The van der Waals surface area contributed by atoms with Gasteiger partial charge in [0.2, 0.25) is 0 Å². The van der Waals surface area contributed by atoms with Crippen LogP contribution in [-0.4, -0.2) is 22.3 Å². The van der Waals surface area contributed by atoms with Crippen molar-refractivity contribution >= 4 is 17.3 Å². The minimum atomic E-state index is -0.411. The fourth-order valence-electron chi connectivity index (χ4n) is 0.830. The highest BCUT2D eigenvalue weighted by molar-refractivity contribution is 6.32. The Labute approximate surface area is 86.7 Å². The molecule has 1 heterocycles. The van der Waals surface area contributed by atoms with Crippen LogP contribution in [0, 0.1) is 0 Å². The van der Waals surface area contributed by atoms with Crippen molar-refractivity contribution in [2.75, 3.05) is 11.9 Å². The number of rotatable bonds is 3. The van der Waals surface area contributed by atoms with Crippen molar-refractivity contribution < 1.29 is 0 Å². The smallest absolute Gasteiger partial charge is 0.285 e. The third-order valence-corrected chi connectivity index (χ3v) is 1.91. The molecule has 0 saturated heterocycles. The molecule has 0 radical (unpaired) electrons. The summed E-state index contributed by atoms with van der Waals surface area (Å²) in [4.78, 5) is 11.0. The molecule has 0 aliphatic heterocycles. The fraction of sp³-hybridized carbons (Fsp3) is 0.500. The van der Waals surface area contributed by atoms with Crippen LogP contribution in [0.2, 0.25) is 5.02 Å². The summed E-state index contributed by atoms with van der Waals surface area (Å²) in [6.45, 7) is 4.25. The summed E-state index contributed by atoms with van der Waals surface area (Å²) in [7, 11) is 0. The summed E-state index contributed by atoms with van der Waals surface area (Å²) in [6, 6.07) is 0. The molecule has 0 aliphatic carbocycles. The molecule has 6 heteroatoms. The van der Waals surface area contributed by atoms with E-state index in [4.69, 9.17) is 17.3 Å². The normalized spacial score (nSPS) is 11.4. The first-order valence-corrected chi connectivity index (χ1v) is 4.54. The van der Waals surface area contributed by atoms with Crippen LogP contribution in [0.15, 0.2) is 11.0 Å². The number of hydrogen-bond donors (Lipinski definition) is 3. The van der Waals surface area contributed by atoms with E-state index in [-0.39, 0.29) is 10.6 Å². The molecule has 1 rings (SSSR count). The number of aromatic amines is 1. The van der Waals surface area contributed by atoms with E-state index in [9.17, 15) is 4.79 Å². The van der Waals surface area contributed by atoms with Gasteiger partial charge in [-0.2, -0.15) is 5.10 Å². The zero-order valence-electron chi connectivity index (χ0n) is 8.10. The van der Waals surface area contributed by atoms with E-state index >= 15 is 0 Å². The zero-order chi connectivity index (χ0) is 10.8. The SMILES string of the molecule is CC(C)(N)CNc1cn[nH]c(=O)c1Cl. The number of nitrogens with one attached hydrogen (secondary N) is 2. The van der Waals surface area contributed by atoms with Gasteiger partial charge in [0, 0.05) is 12.1 Å². The van der Waals surface area contributed by atoms with Gasteiger partial charge in [0.05, 0.1) is 11.9 Å². The molecular weight excluding hydrogens is 204 g/mol. The fourth-order valence-corrected chi connectivity index (χ4v) is 0.988. The molecular formula is C8H13ClN4O. The molecule has 0 amide bonds. The molecule has 5 nitrogen and oxygen atoms in total. The summed E-state index contributed by atoms with van der Waals surface area (Å²) in [5, 5.41) is 8.90. The van der Waals surface area contributed by atoms with Gasteiger partial charge in [0.15, 0.2) is 0 Å². The van der Waals surface area contributed by atoms with Gasteiger partial charge in [-0.3, -0.25) is 4.79 Å². The van der Waals surface area contributed by atoms with Crippen LogP contribution in [-0.2, 0) is 0 Å². The Morgan fingerprint density at radius 3 is 2.93 bits per heavy atom. The van der Waals surface area contributed by atoms with E-state index in [0.717, 1.165) is 0 Å². The van der Waals surface area contributed by atoms with Crippen molar-refractivity contribution in [1.82, 2.24) is 10.2 Å². The molecule has 0 spiro atoms. The van der Waals surface area contributed by atoms with E-state index in [1.165, 1.54) is 6.20 Å². The Bertz CT molecular complexity index is 368. The lowest BCUT2D eigenvalue weighted by Crippen LogP contribution is -2.39. The molecule has 0 fully saturated rings. The number of H-pyrrole nitrogens is 1. The molecule has 78 valence electrons. The van der Waals surface area contributed by atoms with Crippen molar-refractivity contribution in [3.63, 3.8) is 0 Å². The topological polar surface area (TPSA) is 83.8 Å². The van der Waals surface area contributed by atoms with Crippen molar-refractivity contribution in [1.29, 1.82) is 0 Å². The number of nitrogens with two attached hydrogens (primary N) is 1. The Hall–Kier alpha value is -1.07. The lowest BCUT2D eigenvalue weighted by Gasteiger charge is -2.19. The molecule has 0 saturated carbocycles. The Kier molecular flexibility index (Phi) is 3.13. The number of nitrogens with zero attached hydrogens (tertiary/aromatic N) is 1. The molecule has 1 aromatic rings. The highest BCUT2D eigenvalue weighted by Gasteiger charge is 2.11. The Morgan fingerprint density at radius 2 is 2.36 bits per heavy atom. The second-order valence-electron chi connectivity index (χ2n) is 3.77. The maximum Gasteiger partial charge on any atom is 0.285 e. The first-order valence-electron chi connectivity index (χ1n) is 4.16. The monoisotopic (exact) mass is 216 g/mol. The molecule has 14 heavy (non-hydrogen) atoms. The minimum absolute atomic E-state index is 0.101. The molecule has 1 aromatic heterocycles. The molecule has 0 aromatic carbocycles. The van der Waals surface area contributed by atoms with Crippen LogP contribution < -0.4 is 16.6 Å². The van der Waals surface area contributed by atoms with Crippen LogP contribution >= 0.6 is 11.6 Å². The van der Waals surface area contributed by atoms with E-state index in [0.29, 0.717) is 12.2 Å². The van der Waals surface area contributed by atoms with Crippen LogP contribution in [0.25, 0.3) is 0 Å². The van der Waals surface area contributed by atoms with Crippen LogP contribution in [0.5, 0.6) is 0 Å². The predicted octanol–water partition coefficient (Wildman–Crippen LogP) is 0.573. The average molecular weight is 217 g/mol. The highest BCUT2D eigenvalue weighted by atomic mass is 35.5. The number of hydrogen-bond acceptors (Lipinski definition) is 4. The van der Waals surface area contributed by atoms with E-state index in [1.807, 2.05) is 13.8 Å². The number of anilines is 1. The quantitative estimate of drug-likeness (QED) is 0.690. The van der Waals surface area contributed by atoms with Crippen molar-refractivity contribution in [3.8, 4) is 0 Å². The van der Waals surface area contributed by atoms with Gasteiger partial charge in [0.1, 0.15) is 5.02 Å². The first-order chi connectivity index (χ1) is 6.40. The summed E-state index contributed by atoms with van der Waals surface area (Å²) in [5.74, 6) is 0. The van der Waals surface area contributed by atoms with Crippen molar-refractivity contribution in [2.24, 2.45) is 5.73 Å². The summed E-state index contributed by atoms with van der Waals surface area (Å²) >= 11 is 5.74. The van der Waals surface area contributed by atoms with E-state index in [1.54, 1.807) is 0 Å². The third kappa shape index (κ3) is 3.01. The van der Waals surface area contributed by atoms with Crippen LogP contribution in [0.3, 0.4) is 0 Å². The zero-order valence-corrected chi connectivity index (χ0v) is 8.85. The molecule has 0 unspecified atom stereocenters. The summed E-state index contributed by atoms with van der Waals surface area (Å²) in [5.41, 5.74) is 5.47. The predicted molar refractivity (Wildman–Crippen MR) is 56.6 cm³/mol. The standard InChI is InChI=1S/C8H13ClN4O/c1-8(2,10)4-11-5-3-12-13-7(14)6(5)9/h3H,4,10H2,1-2H3,(H2,11,13,14). The van der Waals surface area contributed by atoms with Crippen molar-refractivity contribution in [3.05, 3.63) is 21.6 Å². The van der Waals surface area contributed by atoms with Crippen molar-refractivity contribution in [2.45, 2.75) is 19.4 Å². The highest BCUT2D eigenvalue weighted by Crippen LogP contribution is 2.14. The number of halogens is 1. The van der Waals surface area contributed by atoms with E-state index in [2.05, 4.69) is 15.5 Å². The summed E-state index contributed by atoms with van der Waals surface area (Å²) < 4.78 is 0. The molecule has 0 atom stereocenters. The Balaban J connectivity index is 2.78. The minimum Gasteiger partial charge on any atom is -0.381 e. The lowest BCUT2D eigenvalue weighted by molar-refractivity contribution is 0.549. The lowest BCUT2D eigenvalue weighted by atomic mass is 10.1. The van der Waals surface area contributed by atoms with Gasteiger partial charge in [-0.25, -0.2) is 5.10 Å². The van der Waals surface area contributed by atoms with Gasteiger partial charge < -0.3 is 11.1 Å². The average Bonchev–Trinajstić information content (AvgIpc) is 2.06. The van der Waals surface area contributed by atoms with Crippen LogP contribution in [0.1, 0.15) is 13.8 Å². The Morgan fingerprint density at radius 1 is 1.71 bits per heavy atom. The van der Waals surface area contributed by atoms with E-state index < -0.39 is 5.56 Å². The summed E-state index contributed by atoms with van der Waals surface area (Å²) in [6.07, 6.45) is 1.45.